The molecule has 1 aromatic heterocycles. The Kier molecular flexibility index (Phi) is 6.34. The highest BCUT2D eigenvalue weighted by molar-refractivity contribution is 7.89. The van der Waals surface area contributed by atoms with Crippen LogP contribution in [0.5, 0.6) is 11.5 Å². The summed E-state index contributed by atoms with van der Waals surface area (Å²) in [5, 5.41) is 10.4. The molecule has 0 radical (unpaired) electrons. The van der Waals surface area contributed by atoms with Crippen molar-refractivity contribution >= 4 is 21.9 Å². The van der Waals surface area contributed by atoms with Crippen LogP contribution in [0.2, 0.25) is 0 Å². The van der Waals surface area contributed by atoms with Gasteiger partial charge in [-0.05, 0) is 55.8 Å². The van der Waals surface area contributed by atoms with Crippen molar-refractivity contribution in [2.75, 3.05) is 25.6 Å². The molecule has 0 aliphatic carbocycles. The summed E-state index contributed by atoms with van der Waals surface area (Å²) in [5.74, 6) is 1.18. The van der Waals surface area contributed by atoms with Gasteiger partial charge in [-0.1, -0.05) is 11.2 Å². The molecule has 0 bridgehead atoms. The number of ether oxygens (including phenoxy) is 2. The van der Waals surface area contributed by atoms with Gasteiger partial charge in [-0.3, -0.25) is 10.1 Å². The van der Waals surface area contributed by atoms with Crippen LogP contribution in [-0.2, 0) is 16.4 Å². The first-order valence-corrected chi connectivity index (χ1v) is 11.8. The average Bonchev–Trinajstić information content (AvgIpc) is 3.24. The lowest BCUT2D eigenvalue weighted by Gasteiger charge is -2.20. The molecule has 1 aliphatic rings. The van der Waals surface area contributed by atoms with E-state index in [0.29, 0.717) is 37.0 Å². The Hall–Kier alpha value is -3.44. The molecule has 174 valence electrons. The Morgan fingerprint density at radius 3 is 2.45 bits per heavy atom. The van der Waals surface area contributed by atoms with Crippen molar-refractivity contribution in [2.24, 2.45) is 0 Å². The average molecular weight is 473 g/mol. The van der Waals surface area contributed by atoms with Crippen LogP contribution in [0.15, 0.2) is 51.8 Å². The van der Waals surface area contributed by atoms with Crippen LogP contribution in [0.1, 0.15) is 35.7 Å². The summed E-state index contributed by atoms with van der Waals surface area (Å²) in [6.07, 6.45) is 0.357. The lowest BCUT2D eigenvalue weighted by atomic mass is 10.1. The number of nitrogens with one attached hydrogen (secondary N) is 1. The topological polar surface area (TPSA) is 124 Å². The zero-order valence-corrected chi connectivity index (χ0v) is 19.3. The number of carbonyl (C=O) groups is 1. The van der Waals surface area contributed by atoms with E-state index in [1.54, 1.807) is 13.8 Å². The summed E-state index contributed by atoms with van der Waals surface area (Å²) in [6, 6.07) is 11.0. The molecule has 0 saturated carbocycles. The van der Waals surface area contributed by atoms with Gasteiger partial charge in [0, 0.05) is 18.7 Å². The molecule has 33 heavy (non-hydrogen) atoms. The molecular weight excluding hydrogens is 448 g/mol. The molecule has 1 amide bonds. The van der Waals surface area contributed by atoms with Crippen molar-refractivity contribution in [2.45, 2.75) is 31.2 Å². The lowest BCUT2D eigenvalue weighted by molar-refractivity contribution is 0.102. The first-order chi connectivity index (χ1) is 15.7. The molecule has 0 unspecified atom stereocenters. The maximum absolute atomic E-state index is 12.6. The first kappa shape index (κ1) is 22.7. The maximum Gasteiger partial charge on any atom is 0.322 e. The van der Waals surface area contributed by atoms with Gasteiger partial charge in [0.05, 0.1) is 11.3 Å². The van der Waals surface area contributed by atoms with E-state index in [4.69, 9.17) is 13.9 Å². The van der Waals surface area contributed by atoms with E-state index in [9.17, 15) is 13.2 Å². The number of sulfonamides is 1. The van der Waals surface area contributed by atoms with Gasteiger partial charge in [-0.15, -0.1) is 5.10 Å². The highest BCUT2D eigenvalue weighted by Gasteiger charge is 2.23. The molecular formula is C22H24N4O6S. The molecule has 3 aromatic rings. The fourth-order valence-electron chi connectivity index (χ4n) is 3.14. The minimum atomic E-state index is -3.63. The second-order valence-electron chi connectivity index (χ2n) is 7.75. The number of fused-ring (bicyclic) bond motifs is 1. The third-order valence-corrected chi connectivity index (χ3v) is 7.22. The smallest absolute Gasteiger partial charge is 0.322 e. The Labute approximate surface area is 191 Å². The SMILES string of the molecule is CC(C)N(C)S(=O)(=O)c1ccc(C(=O)Nc2nnc(Cc3ccc4c(c3)OCCO4)o2)cc1. The second-order valence-corrected chi connectivity index (χ2v) is 9.75. The van der Waals surface area contributed by atoms with Crippen LogP contribution in [0, 0.1) is 0 Å². The van der Waals surface area contributed by atoms with Crippen LogP contribution >= 0.6 is 0 Å². The summed E-state index contributed by atoms with van der Waals surface area (Å²) in [4.78, 5) is 12.6. The Morgan fingerprint density at radius 2 is 1.76 bits per heavy atom. The normalized spacial score (nSPS) is 13.4. The van der Waals surface area contributed by atoms with Crippen molar-refractivity contribution < 1.29 is 27.1 Å². The fourth-order valence-corrected chi connectivity index (χ4v) is 4.51. The van der Waals surface area contributed by atoms with Gasteiger partial charge in [-0.25, -0.2) is 8.42 Å². The third-order valence-electron chi connectivity index (χ3n) is 5.17. The van der Waals surface area contributed by atoms with Gasteiger partial charge in [0.15, 0.2) is 11.5 Å². The van der Waals surface area contributed by atoms with E-state index < -0.39 is 15.9 Å². The summed E-state index contributed by atoms with van der Waals surface area (Å²) >= 11 is 0. The van der Waals surface area contributed by atoms with Crippen molar-refractivity contribution in [1.29, 1.82) is 0 Å². The number of anilines is 1. The van der Waals surface area contributed by atoms with Crippen LogP contribution < -0.4 is 14.8 Å². The number of amides is 1. The predicted octanol–water partition coefficient (Wildman–Crippen LogP) is 2.71. The van der Waals surface area contributed by atoms with E-state index in [0.717, 1.165) is 5.56 Å². The fraction of sp³-hybridized carbons (Fsp3) is 0.318. The van der Waals surface area contributed by atoms with Crippen molar-refractivity contribution in [3.63, 3.8) is 0 Å². The van der Waals surface area contributed by atoms with Crippen molar-refractivity contribution in [3.8, 4) is 11.5 Å². The van der Waals surface area contributed by atoms with E-state index in [-0.39, 0.29) is 22.5 Å². The second kappa shape index (κ2) is 9.20. The monoisotopic (exact) mass is 472 g/mol. The number of aromatic nitrogens is 2. The molecule has 1 N–H and O–H groups in total. The van der Waals surface area contributed by atoms with Crippen LogP contribution in [-0.4, -0.2) is 55.1 Å². The van der Waals surface area contributed by atoms with Crippen LogP contribution in [0.25, 0.3) is 0 Å². The standard InChI is InChI=1S/C22H24N4O6S/c1-14(2)26(3)33(28,29)17-7-5-16(6-8-17)21(27)23-22-25-24-20(32-22)13-15-4-9-18-19(12-15)31-11-10-30-18/h4-9,12,14H,10-11,13H2,1-3H3,(H,23,25,27). The number of carbonyl (C=O) groups excluding carboxylic acids is 1. The van der Waals surface area contributed by atoms with Gasteiger partial charge in [0.2, 0.25) is 15.9 Å². The van der Waals surface area contributed by atoms with Gasteiger partial charge in [0.25, 0.3) is 5.91 Å². The Bertz CT molecular complexity index is 1250. The zero-order chi connectivity index (χ0) is 23.6. The molecule has 0 saturated heterocycles. The molecule has 2 heterocycles. The minimum Gasteiger partial charge on any atom is -0.486 e. The maximum atomic E-state index is 12.6. The summed E-state index contributed by atoms with van der Waals surface area (Å²) in [7, 11) is -2.12. The van der Waals surface area contributed by atoms with E-state index in [1.807, 2.05) is 18.2 Å². The molecule has 11 heteroatoms. The highest BCUT2D eigenvalue weighted by atomic mass is 32.2. The summed E-state index contributed by atoms with van der Waals surface area (Å²) < 4.78 is 43.0. The van der Waals surface area contributed by atoms with Crippen LogP contribution in [0.4, 0.5) is 6.01 Å². The molecule has 2 aromatic carbocycles. The molecule has 0 spiro atoms. The van der Waals surface area contributed by atoms with E-state index >= 15 is 0 Å². The largest absolute Gasteiger partial charge is 0.486 e. The minimum absolute atomic E-state index is 0.0521. The summed E-state index contributed by atoms with van der Waals surface area (Å²) in [6.45, 7) is 4.58. The predicted molar refractivity (Wildman–Crippen MR) is 119 cm³/mol. The van der Waals surface area contributed by atoms with Gasteiger partial charge >= 0.3 is 6.01 Å². The van der Waals surface area contributed by atoms with Crippen molar-refractivity contribution in [1.82, 2.24) is 14.5 Å². The molecule has 10 nitrogen and oxygen atoms in total. The Balaban J connectivity index is 1.40. The Morgan fingerprint density at radius 1 is 1.06 bits per heavy atom. The number of hydrogen-bond donors (Lipinski definition) is 1. The van der Waals surface area contributed by atoms with Crippen molar-refractivity contribution in [3.05, 3.63) is 59.5 Å². The molecule has 1 aliphatic heterocycles. The number of hydrogen-bond acceptors (Lipinski definition) is 8. The van der Waals surface area contributed by atoms with E-state index in [2.05, 4.69) is 15.5 Å². The number of nitrogens with zero attached hydrogens (tertiary/aromatic N) is 3. The van der Waals surface area contributed by atoms with Crippen LogP contribution in [0.3, 0.4) is 0 Å². The highest BCUT2D eigenvalue weighted by Crippen LogP contribution is 2.31. The van der Waals surface area contributed by atoms with Gasteiger partial charge < -0.3 is 13.9 Å². The zero-order valence-electron chi connectivity index (χ0n) is 18.4. The molecule has 4 rings (SSSR count). The molecule has 0 atom stereocenters. The number of benzene rings is 2. The third kappa shape index (κ3) is 4.99. The van der Waals surface area contributed by atoms with Gasteiger partial charge in [-0.2, -0.15) is 4.31 Å². The molecule has 0 fully saturated rings. The number of rotatable bonds is 7. The van der Waals surface area contributed by atoms with Gasteiger partial charge in [0.1, 0.15) is 13.2 Å². The summed E-state index contributed by atoms with van der Waals surface area (Å²) in [5.41, 5.74) is 1.15. The quantitative estimate of drug-likeness (QED) is 0.557. The lowest BCUT2D eigenvalue weighted by Crippen LogP contribution is -2.33. The first-order valence-electron chi connectivity index (χ1n) is 10.3. The van der Waals surface area contributed by atoms with E-state index in [1.165, 1.54) is 35.6 Å².